The molecule has 2 aromatic carbocycles. The zero-order valence-corrected chi connectivity index (χ0v) is 30.3. The number of para-hydroxylation sites is 2. The van der Waals surface area contributed by atoms with Gasteiger partial charge < -0.3 is 24.4 Å². The van der Waals surface area contributed by atoms with Gasteiger partial charge in [-0.15, -0.1) is 11.3 Å². The molecule has 0 radical (unpaired) electrons. The summed E-state index contributed by atoms with van der Waals surface area (Å²) in [7, 11) is 1.86. The Bertz CT molecular complexity index is 2420. The smallest absolute Gasteiger partial charge is 0.259 e. The standard InChI is InChI=1S/C41H37N7O4S/c1-25-20-29(37(43-22-25)47-23-41(24-47)14-18-52-19-15-41)39(50)44-28-11-9-26(10-12-28)40(51)48-17-13-27-21-33(53-36(27)34-32(48)8-5-16-42-34)35(49)38-45-30-6-3-4-7-31(30)46(38)2/h3-12,16,20-22H,13-15,17-19,23-24H2,1-2H3,(H,44,50). The van der Waals surface area contributed by atoms with Crippen molar-refractivity contribution in [1.29, 1.82) is 0 Å². The Morgan fingerprint density at radius 2 is 1.74 bits per heavy atom. The van der Waals surface area contributed by atoms with E-state index in [0.29, 0.717) is 57.7 Å². The Kier molecular flexibility index (Phi) is 8.16. The minimum atomic E-state index is -0.240. The summed E-state index contributed by atoms with van der Waals surface area (Å²) in [5, 5.41) is 3.02. The molecule has 2 fully saturated rings. The number of imidazole rings is 1. The van der Waals surface area contributed by atoms with Crippen LogP contribution in [-0.2, 0) is 18.2 Å². The van der Waals surface area contributed by atoms with Gasteiger partial charge in [-0.2, -0.15) is 0 Å². The highest BCUT2D eigenvalue weighted by atomic mass is 32.1. The molecule has 12 heteroatoms. The largest absolute Gasteiger partial charge is 0.381 e. The topological polar surface area (TPSA) is 123 Å². The van der Waals surface area contributed by atoms with Crippen LogP contribution in [0.3, 0.4) is 0 Å². The summed E-state index contributed by atoms with van der Waals surface area (Å²) in [6.07, 6.45) is 6.13. The molecule has 0 atom stereocenters. The average Bonchev–Trinajstić information content (AvgIpc) is 3.71. The van der Waals surface area contributed by atoms with Crippen LogP contribution in [0.25, 0.3) is 21.6 Å². The summed E-state index contributed by atoms with van der Waals surface area (Å²) in [6, 6.07) is 22.2. The molecule has 7 heterocycles. The van der Waals surface area contributed by atoms with Crippen molar-refractivity contribution < 1.29 is 19.1 Å². The van der Waals surface area contributed by atoms with Gasteiger partial charge in [-0.1, -0.05) is 12.1 Å². The normalized spacial score (nSPS) is 16.1. The monoisotopic (exact) mass is 723 g/mol. The molecule has 2 amide bonds. The predicted molar refractivity (Wildman–Crippen MR) is 205 cm³/mol. The van der Waals surface area contributed by atoms with E-state index < -0.39 is 0 Å². The second kappa shape index (κ2) is 13.0. The van der Waals surface area contributed by atoms with Crippen molar-refractivity contribution in [3.8, 4) is 10.6 Å². The van der Waals surface area contributed by atoms with Crippen LogP contribution < -0.4 is 15.1 Å². The van der Waals surface area contributed by atoms with E-state index in [0.717, 1.165) is 66.2 Å². The molecule has 2 saturated heterocycles. The van der Waals surface area contributed by atoms with Crippen LogP contribution in [0.5, 0.6) is 0 Å². The number of hydrogen-bond acceptors (Lipinski definition) is 9. The van der Waals surface area contributed by atoms with E-state index in [9.17, 15) is 14.4 Å². The fourth-order valence-electron chi connectivity index (χ4n) is 7.80. The van der Waals surface area contributed by atoms with Gasteiger partial charge in [-0.05, 0) is 98.0 Å². The lowest BCUT2D eigenvalue weighted by Crippen LogP contribution is -2.59. The first kappa shape index (κ1) is 33.1. The van der Waals surface area contributed by atoms with Crippen molar-refractivity contribution in [3.05, 3.63) is 118 Å². The van der Waals surface area contributed by atoms with Gasteiger partial charge in [-0.25, -0.2) is 9.97 Å². The number of aromatic nitrogens is 4. The number of nitrogens with one attached hydrogen (secondary N) is 1. The first-order valence-corrected chi connectivity index (χ1v) is 18.7. The number of anilines is 3. The third-order valence-corrected chi connectivity index (χ3v) is 11.9. The molecule has 3 aliphatic rings. The molecule has 0 aliphatic carbocycles. The zero-order valence-electron chi connectivity index (χ0n) is 29.5. The van der Waals surface area contributed by atoms with Gasteiger partial charge in [0.2, 0.25) is 5.78 Å². The van der Waals surface area contributed by atoms with Crippen LogP contribution in [0.1, 0.15) is 60.2 Å². The van der Waals surface area contributed by atoms with Gasteiger partial charge in [-0.3, -0.25) is 19.4 Å². The van der Waals surface area contributed by atoms with Gasteiger partial charge in [0.25, 0.3) is 11.8 Å². The van der Waals surface area contributed by atoms with Gasteiger partial charge in [0.1, 0.15) is 11.5 Å². The first-order valence-electron chi connectivity index (χ1n) is 17.8. The molecule has 1 N–H and O–H groups in total. The van der Waals surface area contributed by atoms with Crippen LogP contribution in [0.4, 0.5) is 17.2 Å². The second-order valence-corrected chi connectivity index (χ2v) is 15.3. The highest BCUT2D eigenvalue weighted by Gasteiger charge is 2.45. The molecule has 0 unspecified atom stereocenters. The van der Waals surface area contributed by atoms with Crippen LogP contribution in [0.15, 0.2) is 85.2 Å². The van der Waals surface area contributed by atoms with Gasteiger partial charge in [0.05, 0.1) is 32.0 Å². The molecular weight excluding hydrogens is 687 g/mol. The van der Waals surface area contributed by atoms with E-state index in [1.807, 2.05) is 67.1 Å². The molecule has 53 heavy (non-hydrogen) atoms. The molecule has 4 aromatic heterocycles. The minimum Gasteiger partial charge on any atom is -0.381 e. The number of amides is 2. The molecule has 11 nitrogen and oxygen atoms in total. The summed E-state index contributed by atoms with van der Waals surface area (Å²) in [4.78, 5) is 60.8. The Morgan fingerprint density at radius 3 is 2.53 bits per heavy atom. The van der Waals surface area contributed by atoms with Crippen molar-refractivity contribution in [2.45, 2.75) is 26.2 Å². The number of nitrogens with zero attached hydrogens (tertiary/aromatic N) is 6. The number of carbonyl (C=O) groups is 3. The van der Waals surface area contributed by atoms with Crippen molar-refractivity contribution in [3.63, 3.8) is 0 Å². The van der Waals surface area contributed by atoms with Gasteiger partial charge in [0, 0.05) is 69.0 Å². The highest BCUT2D eigenvalue weighted by molar-refractivity contribution is 7.17. The number of ether oxygens (including phenoxy) is 1. The fraction of sp³-hybridized carbons (Fsp3) is 0.268. The van der Waals surface area contributed by atoms with E-state index in [4.69, 9.17) is 9.72 Å². The molecule has 266 valence electrons. The SMILES string of the molecule is Cc1cnc(N2CC3(CCOCC3)C2)c(C(=O)Nc2ccc(C(=O)N3CCc4cc(C(=O)c5nc6ccccc6n5C)sc4-c4ncccc43)cc2)c1. The third-order valence-electron chi connectivity index (χ3n) is 10.7. The first-order chi connectivity index (χ1) is 25.8. The lowest BCUT2D eigenvalue weighted by molar-refractivity contribution is -0.000511. The average molecular weight is 724 g/mol. The zero-order chi connectivity index (χ0) is 36.3. The number of ketones is 1. The van der Waals surface area contributed by atoms with E-state index in [1.54, 1.807) is 41.6 Å². The van der Waals surface area contributed by atoms with Crippen molar-refractivity contribution in [1.82, 2.24) is 19.5 Å². The molecule has 0 bridgehead atoms. The fourth-order valence-corrected chi connectivity index (χ4v) is 8.96. The van der Waals surface area contributed by atoms with Crippen molar-refractivity contribution >= 4 is 57.2 Å². The van der Waals surface area contributed by atoms with E-state index in [1.165, 1.54) is 11.3 Å². The lowest BCUT2D eigenvalue weighted by Gasteiger charge is -2.53. The van der Waals surface area contributed by atoms with Crippen LogP contribution in [0.2, 0.25) is 0 Å². The summed E-state index contributed by atoms with van der Waals surface area (Å²) in [5.41, 5.74) is 6.75. The number of pyridine rings is 2. The lowest BCUT2D eigenvalue weighted by atomic mass is 9.73. The third kappa shape index (κ3) is 5.87. The number of rotatable bonds is 6. The quantitative estimate of drug-likeness (QED) is 0.189. The van der Waals surface area contributed by atoms with Crippen LogP contribution in [0, 0.1) is 12.3 Å². The van der Waals surface area contributed by atoms with Crippen LogP contribution >= 0.6 is 11.3 Å². The molecule has 9 rings (SSSR count). The molecule has 3 aliphatic heterocycles. The van der Waals surface area contributed by atoms with Gasteiger partial charge >= 0.3 is 0 Å². The van der Waals surface area contributed by atoms with E-state index in [2.05, 4.69) is 20.2 Å². The maximum atomic E-state index is 14.1. The number of hydrogen-bond donors (Lipinski definition) is 1. The summed E-state index contributed by atoms with van der Waals surface area (Å²) < 4.78 is 7.40. The van der Waals surface area contributed by atoms with E-state index >= 15 is 0 Å². The Hall–Kier alpha value is -5.72. The summed E-state index contributed by atoms with van der Waals surface area (Å²) in [6.45, 7) is 5.65. The Labute approximate surface area is 310 Å². The number of carbonyl (C=O) groups excluding carboxylic acids is 3. The van der Waals surface area contributed by atoms with Gasteiger partial charge in [0.15, 0.2) is 5.82 Å². The molecule has 0 saturated carbocycles. The molecule has 6 aromatic rings. The number of thiophene rings is 1. The van der Waals surface area contributed by atoms with Crippen molar-refractivity contribution in [2.75, 3.05) is 48.0 Å². The Morgan fingerprint density at radius 1 is 0.943 bits per heavy atom. The number of aryl methyl sites for hydroxylation is 2. The van der Waals surface area contributed by atoms with Crippen molar-refractivity contribution in [2.24, 2.45) is 12.5 Å². The molecular formula is C41H37N7O4S. The number of fused-ring (bicyclic) bond motifs is 4. The molecule has 1 spiro atoms. The Balaban J connectivity index is 0.924. The van der Waals surface area contributed by atoms with E-state index in [-0.39, 0.29) is 23.0 Å². The summed E-state index contributed by atoms with van der Waals surface area (Å²) >= 11 is 1.39. The minimum absolute atomic E-state index is 0.141. The predicted octanol–water partition coefficient (Wildman–Crippen LogP) is 6.70. The summed E-state index contributed by atoms with van der Waals surface area (Å²) in [5.74, 6) is 0.527. The number of benzene rings is 2. The second-order valence-electron chi connectivity index (χ2n) is 14.2. The van der Waals surface area contributed by atoms with Crippen LogP contribution in [-0.4, -0.2) is 70.0 Å². The highest BCUT2D eigenvalue weighted by Crippen LogP contribution is 2.43. The maximum Gasteiger partial charge on any atom is 0.259 e. The maximum absolute atomic E-state index is 14.1.